The van der Waals surface area contributed by atoms with Gasteiger partial charge in [0.25, 0.3) is 5.56 Å². The van der Waals surface area contributed by atoms with Gasteiger partial charge in [0.05, 0.1) is 41.2 Å². The Morgan fingerprint density at radius 3 is 2.50 bits per heavy atom. The number of carbonyl (C=O) groups excluding carboxylic acids is 2. The van der Waals surface area contributed by atoms with Crippen LogP contribution in [0.25, 0.3) is 11.4 Å². The number of aromatic nitrogens is 4. The van der Waals surface area contributed by atoms with Crippen molar-refractivity contribution in [1.29, 1.82) is 0 Å². The van der Waals surface area contributed by atoms with Gasteiger partial charge >= 0.3 is 12.3 Å². The monoisotopic (exact) mass is 691 g/mol. The van der Waals surface area contributed by atoms with Crippen molar-refractivity contribution in [3.63, 3.8) is 0 Å². The molecule has 1 aromatic carbocycles. The van der Waals surface area contributed by atoms with E-state index < -0.39 is 34.9 Å². The van der Waals surface area contributed by atoms with Gasteiger partial charge in [-0.05, 0) is 70.2 Å². The molecule has 6 rings (SSSR count). The molecule has 2 amide bonds. The number of alkyl halides is 3. The summed E-state index contributed by atoms with van der Waals surface area (Å²) in [7, 11) is 0. The molecular weight excluding hydrogens is 655 g/mol. The molecule has 258 valence electrons. The number of anilines is 2. The lowest BCUT2D eigenvalue weighted by molar-refractivity contribution is -0.137. The summed E-state index contributed by atoms with van der Waals surface area (Å²) in [6.07, 6.45) is -0.762. The molecule has 1 saturated heterocycles. The second kappa shape index (κ2) is 12.7. The predicted molar refractivity (Wildman–Crippen MR) is 172 cm³/mol. The summed E-state index contributed by atoms with van der Waals surface area (Å²) in [4.78, 5) is 49.3. The summed E-state index contributed by atoms with van der Waals surface area (Å²) in [5.74, 6) is -0.103. The van der Waals surface area contributed by atoms with Crippen LogP contribution in [0.2, 0.25) is 5.02 Å². The first kappa shape index (κ1) is 33.8. The van der Waals surface area contributed by atoms with Crippen LogP contribution in [0.1, 0.15) is 64.0 Å². The summed E-state index contributed by atoms with van der Waals surface area (Å²) in [6, 6.07) is 2.38. The molecule has 0 radical (unpaired) electrons. The highest BCUT2D eigenvalue weighted by Crippen LogP contribution is 2.38. The van der Waals surface area contributed by atoms with Crippen molar-refractivity contribution in [2.45, 2.75) is 83.8 Å². The molecule has 4 heterocycles. The quantitative estimate of drug-likeness (QED) is 0.377. The van der Waals surface area contributed by atoms with Gasteiger partial charge < -0.3 is 29.2 Å². The van der Waals surface area contributed by atoms with Crippen LogP contribution in [0.4, 0.5) is 29.3 Å². The molecular formula is C32H37ClF3N7O5. The van der Waals surface area contributed by atoms with Crippen LogP contribution in [-0.4, -0.2) is 80.1 Å². The smallest absolute Gasteiger partial charge is 0.416 e. The number of hydrogen-bond donors (Lipinski definition) is 1. The van der Waals surface area contributed by atoms with Crippen LogP contribution in [0.5, 0.6) is 0 Å². The molecule has 2 aliphatic heterocycles. The molecule has 2 atom stereocenters. The van der Waals surface area contributed by atoms with E-state index in [9.17, 15) is 27.6 Å². The standard InChI is InChI=1S/C32H37ClF3N7O5/c1-5-22-26(40-12-13-41(24-9-8-23(24)40)30(46)48-31(2,3)4)28(45)43-29(38-27(39-43)18-10-14-47-15-11-18)42(22)17-25(44)37-21-7-6-19(16-20(21)33)32(34,35)36/h6-7,10,16,23-24H,5,8-9,11-15,17H2,1-4H3,(H,37,44)/t23-,24+/m1/s1. The van der Waals surface area contributed by atoms with Crippen molar-refractivity contribution in [1.82, 2.24) is 24.1 Å². The van der Waals surface area contributed by atoms with E-state index in [0.29, 0.717) is 56.4 Å². The normalized spacial score (nSPS) is 19.9. The molecule has 16 heteroatoms. The highest BCUT2D eigenvalue weighted by molar-refractivity contribution is 6.33. The largest absolute Gasteiger partial charge is 0.444 e. The van der Waals surface area contributed by atoms with Crippen LogP contribution in [0, 0.1) is 0 Å². The summed E-state index contributed by atoms with van der Waals surface area (Å²) in [6.45, 7) is 8.51. The minimum Gasteiger partial charge on any atom is -0.444 e. The zero-order valence-electron chi connectivity index (χ0n) is 27.1. The van der Waals surface area contributed by atoms with E-state index in [1.807, 2.05) is 38.7 Å². The lowest BCUT2D eigenvalue weighted by atomic mass is 9.81. The van der Waals surface area contributed by atoms with E-state index in [-0.39, 0.29) is 35.1 Å². The lowest BCUT2D eigenvalue weighted by Crippen LogP contribution is -2.67. The molecule has 0 unspecified atom stereocenters. The van der Waals surface area contributed by atoms with Crippen molar-refractivity contribution in [2.75, 3.05) is 36.5 Å². The fourth-order valence-corrected chi connectivity index (χ4v) is 6.68. The van der Waals surface area contributed by atoms with Crippen LogP contribution in [0.3, 0.4) is 0 Å². The number of piperazine rings is 1. The number of carbonyl (C=O) groups is 2. The predicted octanol–water partition coefficient (Wildman–Crippen LogP) is 5.16. The Balaban J connectivity index is 1.39. The molecule has 2 aromatic heterocycles. The Morgan fingerprint density at radius 2 is 1.90 bits per heavy atom. The Kier molecular flexibility index (Phi) is 8.96. The second-order valence-corrected chi connectivity index (χ2v) is 13.5. The maximum absolute atomic E-state index is 14.3. The van der Waals surface area contributed by atoms with E-state index in [1.165, 1.54) is 4.52 Å². The molecule has 0 bridgehead atoms. The third kappa shape index (κ3) is 6.49. The summed E-state index contributed by atoms with van der Waals surface area (Å²) >= 11 is 6.13. The Bertz CT molecular complexity index is 1850. The molecule has 1 saturated carbocycles. The van der Waals surface area contributed by atoms with Gasteiger partial charge in [-0.15, -0.1) is 5.10 Å². The maximum Gasteiger partial charge on any atom is 0.416 e. The SMILES string of the molecule is CCc1c(N2CCN(C(=O)OC(C)(C)C)[C@H]3CC[C@H]32)c(=O)n2nc(C3=CCOCC3)nc2n1CC(=O)Nc1ccc(C(F)(F)F)cc1Cl. The molecule has 1 aliphatic carbocycles. The minimum atomic E-state index is -4.59. The van der Waals surface area contributed by atoms with Crippen LogP contribution in [-0.2, 0) is 33.4 Å². The van der Waals surface area contributed by atoms with Crippen molar-refractivity contribution >= 4 is 46.3 Å². The zero-order valence-corrected chi connectivity index (χ0v) is 27.8. The average Bonchev–Trinajstić information content (AvgIpc) is 3.45. The van der Waals surface area contributed by atoms with E-state index in [4.69, 9.17) is 26.1 Å². The molecule has 2 fully saturated rings. The number of benzene rings is 1. The van der Waals surface area contributed by atoms with E-state index in [1.54, 1.807) is 9.47 Å². The van der Waals surface area contributed by atoms with Gasteiger partial charge in [-0.1, -0.05) is 24.6 Å². The lowest BCUT2D eigenvalue weighted by Gasteiger charge is -2.54. The van der Waals surface area contributed by atoms with Crippen molar-refractivity contribution in [3.05, 3.63) is 56.7 Å². The highest BCUT2D eigenvalue weighted by Gasteiger charge is 2.47. The highest BCUT2D eigenvalue weighted by atomic mass is 35.5. The van der Waals surface area contributed by atoms with Gasteiger partial charge in [0.2, 0.25) is 11.7 Å². The van der Waals surface area contributed by atoms with Gasteiger partial charge in [0.1, 0.15) is 17.8 Å². The topological polar surface area (TPSA) is 123 Å². The minimum absolute atomic E-state index is 0.00935. The van der Waals surface area contributed by atoms with Gasteiger partial charge in [-0.3, -0.25) is 9.59 Å². The summed E-state index contributed by atoms with van der Waals surface area (Å²) in [5.41, 5.74) is -0.273. The van der Waals surface area contributed by atoms with Gasteiger partial charge in [-0.25, -0.2) is 4.79 Å². The first-order valence-corrected chi connectivity index (χ1v) is 16.3. The maximum atomic E-state index is 14.3. The fraction of sp³-hybridized carbons (Fsp3) is 0.531. The molecule has 0 spiro atoms. The number of ether oxygens (including phenoxy) is 2. The van der Waals surface area contributed by atoms with E-state index >= 15 is 0 Å². The van der Waals surface area contributed by atoms with Crippen LogP contribution >= 0.6 is 11.6 Å². The van der Waals surface area contributed by atoms with Gasteiger partial charge in [-0.2, -0.15) is 22.7 Å². The van der Waals surface area contributed by atoms with Gasteiger partial charge in [0.15, 0.2) is 5.82 Å². The third-order valence-corrected chi connectivity index (χ3v) is 9.10. The van der Waals surface area contributed by atoms with Crippen LogP contribution < -0.4 is 15.8 Å². The Labute approximate surface area is 279 Å². The van der Waals surface area contributed by atoms with E-state index in [0.717, 1.165) is 36.6 Å². The number of nitrogens with zero attached hydrogens (tertiary/aromatic N) is 6. The van der Waals surface area contributed by atoms with Crippen LogP contribution in [0.15, 0.2) is 29.1 Å². The average molecular weight is 692 g/mol. The number of fused-ring (bicyclic) bond motifs is 2. The summed E-state index contributed by atoms with van der Waals surface area (Å²) < 4.78 is 53.5. The van der Waals surface area contributed by atoms with Crippen molar-refractivity contribution in [2.24, 2.45) is 0 Å². The number of nitrogens with one attached hydrogen (secondary N) is 1. The Hall–Kier alpha value is -4.11. The van der Waals surface area contributed by atoms with Gasteiger partial charge in [0, 0.05) is 19.1 Å². The first-order valence-electron chi connectivity index (χ1n) is 15.9. The zero-order chi connectivity index (χ0) is 34.5. The number of rotatable bonds is 6. The first-order chi connectivity index (χ1) is 22.7. The second-order valence-electron chi connectivity index (χ2n) is 13.1. The Morgan fingerprint density at radius 1 is 1.15 bits per heavy atom. The number of hydrogen-bond acceptors (Lipinski definition) is 8. The summed E-state index contributed by atoms with van der Waals surface area (Å²) in [5, 5.41) is 6.93. The third-order valence-electron chi connectivity index (χ3n) is 8.78. The number of halogens is 4. The van der Waals surface area contributed by atoms with Crippen molar-refractivity contribution < 1.29 is 32.2 Å². The molecule has 3 aliphatic rings. The molecule has 1 N–H and O–H groups in total. The fourth-order valence-electron chi connectivity index (χ4n) is 6.46. The molecule has 3 aromatic rings. The number of amides is 2. The van der Waals surface area contributed by atoms with E-state index in [2.05, 4.69) is 10.4 Å². The molecule has 48 heavy (non-hydrogen) atoms. The molecule has 12 nitrogen and oxygen atoms in total. The van der Waals surface area contributed by atoms with Crippen molar-refractivity contribution in [3.8, 4) is 0 Å².